The van der Waals surface area contributed by atoms with Crippen LogP contribution in [0.25, 0.3) is 11.2 Å². The summed E-state index contributed by atoms with van der Waals surface area (Å²) in [7, 11) is 2.85. The third kappa shape index (κ3) is 2.26. The van der Waals surface area contributed by atoms with Crippen LogP contribution in [0.4, 0.5) is 0 Å². The molecule has 8 nitrogen and oxygen atoms in total. The van der Waals surface area contributed by atoms with Crippen molar-refractivity contribution in [2.45, 2.75) is 26.7 Å². The zero-order valence-corrected chi connectivity index (χ0v) is 12.6. The summed E-state index contributed by atoms with van der Waals surface area (Å²) in [5.41, 5.74) is -1.33. The highest BCUT2D eigenvalue weighted by atomic mass is 16.4. The van der Waals surface area contributed by atoms with Crippen LogP contribution in [0, 0.1) is 5.41 Å². The van der Waals surface area contributed by atoms with Gasteiger partial charge in [-0.3, -0.25) is 18.7 Å². The van der Waals surface area contributed by atoms with Crippen LogP contribution in [0.2, 0.25) is 0 Å². The number of hydrogen-bond acceptors (Lipinski definition) is 4. The topological polar surface area (TPSA) is 110 Å². The van der Waals surface area contributed by atoms with Gasteiger partial charge in [-0.25, -0.2) is 9.78 Å². The number of carboxylic acid groups (broad SMARTS) is 1. The zero-order valence-electron chi connectivity index (χ0n) is 12.6. The van der Waals surface area contributed by atoms with E-state index in [4.69, 9.17) is 0 Å². The van der Waals surface area contributed by atoms with Crippen LogP contribution in [-0.2, 0) is 18.9 Å². The lowest BCUT2D eigenvalue weighted by Crippen LogP contribution is -2.36. The van der Waals surface area contributed by atoms with Crippen molar-refractivity contribution in [1.29, 1.82) is 0 Å². The molecule has 0 saturated heterocycles. The lowest BCUT2D eigenvalue weighted by atomic mass is 9.80. The van der Waals surface area contributed by atoms with E-state index in [0.29, 0.717) is 0 Å². The quantitative estimate of drug-likeness (QED) is 0.820. The van der Waals surface area contributed by atoms with Gasteiger partial charge in [0.1, 0.15) is 17.3 Å². The van der Waals surface area contributed by atoms with Crippen LogP contribution in [0.3, 0.4) is 0 Å². The number of aromatic amines is 1. The Bertz CT molecular complexity index is 835. The molecule has 0 fully saturated rings. The third-order valence-corrected chi connectivity index (χ3v) is 3.50. The minimum Gasteiger partial charge on any atom is -0.481 e. The number of aromatic nitrogens is 4. The van der Waals surface area contributed by atoms with E-state index in [1.165, 1.54) is 18.7 Å². The monoisotopic (exact) mass is 294 g/mol. The molecular weight excluding hydrogens is 276 g/mol. The molecule has 0 spiro atoms. The Balaban J connectivity index is 2.83. The van der Waals surface area contributed by atoms with E-state index in [2.05, 4.69) is 9.97 Å². The maximum atomic E-state index is 12.1. The van der Waals surface area contributed by atoms with Gasteiger partial charge in [0.15, 0.2) is 5.65 Å². The highest BCUT2D eigenvalue weighted by molar-refractivity contribution is 5.78. The number of rotatable bonds is 2. The first-order valence-electron chi connectivity index (χ1n) is 6.44. The van der Waals surface area contributed by atoms with Crippen LogP contribution in [0.5, 0.6) is 0 Å². The fourth-order valence-corrected chi connectivity index (χ4v) is 2.38. The number of aliphatic carboxylic acids is 1. The van der Waals surface area contributed by atoms with Crippen molar-refractivity contribution in [2.75, 3.05) is 0 Å². The summed E-state index contributed by atoms with van der Waals surface area (Å²) >= 11 is 0. The molecule has 1 atom stereocenters. The Hall–Kier alpha value is -2.38. The van der Waals surface area contributed by atoms with Gasteiger partial charge in [0, 0.05) is 14.1 Å². The van der Waals surface area contributed by atoms with E-state index in [1.807, 2.05) is 0 Å². The maximum absolute atomic E-state index is 12.1. The zero-order chi connectivity index (χ0) is 16.1. The number of nitrogens with one attached hydrogen (secondary N) is 1. The fraction of sp³-hybridized carbons (Fsp3) is 0.538. The molecule has 2 aromatic heterocycles. The molecule has 2 aromatic rings. The summed E-state index contributed by atoms with van der Waals surface area (Å²) in [5, 5.41) is 9.42. The van der Waals surface area contributed by atoms with E-state index in [1.54, 1.807) is 20.8 Å². The van der Waals surface area contributed by atoms with Gasteiger partial charge in [-0.2, -0.15) is 0 Å². The molecule has 114 valence electrons. The normalized spacial score (nSPS) is 13.6. The molecule has 0 radical (unpaired) electrons. The van der Waals surface area contributed by atoms with Crippen molar-refractivity contribution in [1.82, 2.24) is 19.1 Å². The van der Waals surface area contributed by atoms with Gasteiger partial charge in [0.2, 0.25) is 0 Å². The molecule has 0 aliphatic carbocycles. The Kier molecular flexibility index (Phi) is 3.27. The second-order valence-corrected chi connectivity index (χ2v) is 6.16. The highest BCUT2D eigenvalue weighted by Crippen LogP contribution is 2.34. The van der Waals surface area contributed by atoms with Gasteiger partial charge in [0.05, 0.1) is 0 Å². The van der Waals surface area contributed by atoms with Gasteiger partial charge < -0.3 is 10.1 Å². The molecule has 0 aliphatic heterocycles. The molecule has 2 heterocycles. The molecule has 0 amide bonds. The van der Waals surface area contributed by atoms with Crippen LogP contribution in [-0.4, -0.2) is 30.2 Å². The predicted octanol–water partition coefficient (Wildman–Crippen LogP) is 0.175. The number of nitrogens with zero attached hydrogens (tertiary/aromatic N) is 3. The maximum Gasteiger partial charge on any atom is 0.332 e. The van der Waals surface area contributed by atoms with Crippen molar-refractivity contribution >= 4 is 17.1 Å². The average Bonchev–Trinajstić information content (AvgIpc) is 2.76. The minimum atomic E-state index is -1.04. The second kappa shape index (κ2) is 4.57. The van der Waals surface area contributed by atoms with Gasteiger partial charge in [-0.15, -0.1) is 0 Å². The summed E-state index contributed by atoms with van der Waals surface area (Å²) in [6.07, 6.45) is 0. The fourth-order valence-electron chi connectivity index (χ4n) is 2.38. The molecule has 0 aromatic carbocycles. The van der Waals surface area contributed by atoms with E-state index in [9.17, 15) is 19.5 Å². The van der Waals surface area contributed by atoms with E-state index in [-0.39, 0.29) is 17.0 Å². The summed E-state index contributed by atoms with van der Waals surface area (Å²) in [4.78, 5) is 42.4. The molecule has 0 aliphatic rings. The molecule has 2 rings (SSSR count). The largest absolute Gasteiger partial charge is 0.481 e. The first-order valence-corrected chi connectivity index (χ1v) is 6.44. The van der Waals surface area contributed by atoms with Gasteiger partial charge in [0.25, 0.3) is 5.56 Å². The van der Waals surface area contributed by atoms with Crippen LogP contribution >= 0.6 is 0 Å². The Morgan fingerprint density at radius 3 is 2.29 bits per heavy atom. The molecular formula is C13H18N4O4. The number of fused-ring (bicyclic) bond motifs is 1. The van der Waals surface area contributed by atoms with E-state index >= 15 is 0 Å². The van der Waals surface area contributed by atoms with Crippen molar-refractivity contribution in [2.24, 2.45) is 19.5 Å². The standard InChI is InChI=1S/C13H18N4O4/c1-13(2,3)6(11(19)20)8-14-7-9(15-8)16(4)12(21)17(5)10(7)18/h6H,1-5H3,(H,14,15)(H,19,20). The number of carbonyl (C=O) groups is 1. The number of imidazole rings is 1. The molecule has 8 heteroatoms. The molecule has 0 bridgehead atoms. The van der Waals surface area contributed by atoms with Gasteiger partial charge in [-0.05, 0) is 5.41 Å². The second-order valence-electron chi connectivity index (χ2n) is 6.16. The Morgan fingerprint density at radius 1 is 1.24 bits per heavy atom. The summed E-state index contributed by atoms with van der Waals surface area (Å²) < 4.78 is 2.18. The number of H-pyrrole nitrogens is 1. The van der Waals surface area contributed by atoms with Crippen LogP contribution in [0.15, 0.2) is 9.59 Å². The van der Waals surface area contributed by atoms with Gasteiger partial charge in [-0.1, -0.05) is 20.8 Å². The van der Waals surface area contributed by atoms with Crippen LogP contribution in [0.1, 0.15) is 32.5 Å². The van der Waals surface area contributed by atoms with Crippen LogP contribution < -0.4 is 11.2 Å². The summed E-state index contributed by atoms with van der Waals surface area (Å²) in [6, 6.07) is 0. The number of aryl methyl sites for hydroxylation is 1. The van der Waals surface area contributed by atoms with Crippen molar-refractivity contribution in [3.63, 3.8) is 0 Å². The lowest BCUT2D eigenvalue weighted by molar-refractivity contribution is -0.141. The Morgan fingerprint density at radius 2 is 1.81 bits per heavy atom. The summed E-state index contributed by atoms with van der Waals surface area (Å²) in [5.74, 6) is -1.78. The van der Waals surface area contributed by atoms with Gasteiger partial charge >= 0.3 is 11.7 Å². The first kappa shape index (κ1) is 15.0. The molecule has 2 N–H and O–H groups in total. The number of carboxylic acids is 1. The summed E-state index contributed by atoms with van der Waals surface area (Å²) in [6.45, 7) is 5.32. The average molecular weight is 294 g/mol. The molecule has 21 heavy (non-hydrogen) atoms. The molecule has 1 unspecified atom stereocenters. The lowest BCUT2D eigenvalue weighted by Gasteiger charge is -2.24. The van der Waals surface area contributed by atoms with E-state index < -0.39 is 28.6 Å². The Labute approximate surface area is 120 Å². The van der Waals surface area contributed by atoms with Crippen molar-refractivity contribution in [3.8, 4) is 0 Å². The smallest absolute Gasteiger partial charge is 0.332 e. The van der Waals surface area contributed by atoms with Crippen molar-refractivity contribution < 1.29 is 9.90 Å². The predicted molar refractivity (Wildman–Crippen MR) is 76.4 cm³/mol. The molecule has 0 saturated carbocycles. The van der Waals surface area contributed by atoms with Crippen molar-refractivity contribution in [3.05, 3.63) is 26.7 Å². The first-order chi connectivity index (χ1) is 9.55. The minimum absolute atomic E-state index is 0.130. The SMILES string of the molecule is Cn1c(=O)c2[nH]c(C(C(=O)O)C(C)(C)C)nc2n(C)c1=O. The third-order valence-electron chi connectivity index (χ3n) is 3.50. The highest BCUT2D eigenvalue weighted by Gasteiger charge is 2.36. The number of hydrogen-bond donors (Lipinski definition) is 2. The van der Waals surface area contributed by atoms with E-state index in [0.717, 1.165) is 4.57 Å².